The molecule has 0 aliphatic carbocycles. The van der Waals surface area contributed by atoms with Gasteiger partial charge in [0.1, 0.15) is 0 Å². The van der Waals surface area contributed by atoms with Crippen LogP contribution in [-0.2, 0) is 0 Å². The fraction of sp³-hybridized carbons (Fsp3) is 0.500. The summed E-state index contributed by atoms with van der Waals surface area (Å²) in [6.45, 7) is 16.4. The van der Waals surface area contributed by atoms with Gasteiger partial charge in [-0.05, 0) is 43.3 Å². The molecule has 0 spiro atoms. The molecule has 0 saturated carbocycles. The minimum atomic E-state index is 0.545. The Morgan fingerprint density at radius 1 is 1.29 bits per heavy atom. The van der Waals surface area contributed by atoms with E-state index in [2.05, 4.69) is 40.0 Å². The Hall–Kier alpha value is -1.24. The fourth-order valence-corrected chi connectivity index (χ4v) is 1.50. The second-order valence-electron chi connectivity index (χ2n) is 4.80. The first-order valence-corrected chi connectivity index (χ1v) is 6.38. The molecule has 0 aliphatic rings. The maximum atomic E-state index is 5.93. The normalized spacial score (nSPS) is 13.6. The summed E-state index contributed by atoms with van der Waals surface area (Å²) in [4.78, 5) is 0. The van der Waals surface area contributed by atoms with Gasteiger partial charge in [0.15, 0.2) is 0 Å². The molecule has 0 aromatic carbocycles. The molecule has 0 fully saturated rings. The Bertz CT molecular complexity index is 325. The van der Waals surface area contributed by atoms with Crippen molar-refractivity contribution in [3.63, 3.8) is 0 Å². The second kappa shape index (κ2) is 7.94. The van der Waals surface area contributed by atoms with Crippen LogP contribution >= 0.6 is 0 Å². The molecule has 0 heterocycles. The minimum Gasteiger partial charge on any atom is -0.402 e. The number of nitrogens with two attached hydrogens (primary N) is 1. The van der Waals surface area contributed by atoms with E-state index in [1.54, 1.807) is 0 Å². The van der Waals surface area contributed by atoms with Crippen molar-refractivity contribution in [2.75, 3.05) is 0 Å². The predicted molar refractivity (Wildman–Crippen MR) is 78.7 cm³/mol. The van der Waals surface area contributed by atoms with E-state index in [0.29, 0.717) is 5.92 Å². The molecule has 0 aromatic rings. The molecule has 0 aliphatic heterocycles. The van der Waals surface area contributed by atoms with Crippen LogP contribution in [0.5, 0.6) is 0 Å². The van der Waals surface area contributed by atoms with Gasteiger partial charge in [-0.15, -0.1) is 0 Å². The molecule has 0 rings (SSSR count). The molecule has 96 valence electrons. The fourth-order valence-electron chi connectivity index (χ4n) is 1.50. The molecule has 0 amide bonds. The van der Waals surface area contributed by atoms with Crippen LogP contribution in [0.4, 0.5) is 0 Å². The van der Waals surface area contributed by atoms with Crippen LogP contribution in [0.25, 0.3) is 0 Å². The minimum absolute atomic E-state index is 0.545. The highest BCUT2D eigenvalue weighted by molar-refractivity contribution is 5.31. The summed E-state index contributed by atoms with van der Waals surface area (Å²) in [5.41, 5.74) is 10.6. The molecule has 0 atom stereocenters. The van der Waals surface area contributed by atoms with Crippen LogP contribution in [0.3, 0.4) is 0 Å². The maximum absolute atomic E-state index is 5.93. The summed E-state index contributed by atoms with van der Waals surface area (Å²) < 4.78 is 0. The van der Waals surface area contributed by atoms with E-state index in [0.717, 1.165) is 25.0 Å². The third kappa shape index (κ3) is 6.15. The van der Waals surface area contributed by atoms with Gasteiger partial charge >= 0.3 is 0 Å². The summed E-state index contributed by atoms with van der Waals surface area (Å²) in [5, 5.41) is 0. The van der Waals surface area contributed by atoms with Crippen LogP contribution in [0, 0.1) is 5.92 Å². The van der Waals surface area contributed by atoms with E-state index in [9.17, 15) is 0 Å². The summed E-state index contributed by atoms with van der Waals surface area (Å²) in [6.07, 6.45) is 7.03. The molecule has 17 heavy (non-hydrogen) atoms. The van der Waals surface area contributed by atoms with Crippen molar-refractivity contribution >= 4 is 0 Å². The van der Waals surface area contributed by atoms with E-state index >= 15 is 0 Å². The lowest BCUT2D eigenvalue weighted by Gasteiger charge is -2.11. The number of hydrogen-bond acceptors (Lipinski definition) is 1. The van der Waals surface area contributed by atoms with Gasteiger partial charge in [-0.25, -0.2) is 0 Å². The zero-order valence-electron chi connectivity index (χ0n) is 11.8. The summed E-state index contributed by atoms with van der Waals surface area (Å²) in [7, 11) is 0. The maximum Gasteiger partial charge on any atom is 0.00816 e. The van der Waals surface area contributed by atoms with Gasteiger partial charge in [0.25, 0.3) is 0 Å². The summed E-state index contributed by atoms with van der Waals surface area (Å²) >= 11 is 0. The van der Waals surface area contributed by atoms with Gasteiger partial charge in [-0.3, -0.25) is 0 Å². The summed E-state index contributed by atoms with van der Waals surface area (Å²) in [6, 6.07) is 0. The van der Waals surface area contributed by atoms with Gasteiger partial charge in [0.2, 0.25) is 0 Å². The zero-order chi connectivity index (χ0) is 13.4. The average Bonchev–Trinajstić information content (AvgIpc) is 2.28. The number of rotatable bonds is 7. The molecule has 1 nitrogen and oxygen atoms in total. The lowest BCUT2D eigenvalue weighted by molar-refractivity contribution is 0.712. The first-order chi connectivity index (χ1) is 7.92. The third-order valence-electron chi connectivity index (χ3n) is 3.07. The van der Waals surface area contributed by atoms with Crippen LogP contribution < -0.4 is 5.73 Å². The molecule has 0 aromatic heterocycles. The molecule has 1 heteroatoms. The predicted octanol–water partition coefficient (Wildman–Crippen LogP) is 4.73. The monoisotopic (exact) mass is 233 g/mol. The SMILES string of the molecule is C=C/C(=C\C(CCC(=C)C(C)C)=C(/C)N)CC. The van der Waals surface area contributed by atoms with Crippen molar-refractivity contribution in [1.82, 2.24) is 0 Å². The van der Waals surface area contributed by atoms with Crippen molar-refractivity contribution in [1.29, 1.82) is 0 Å². The average molecular weight is 233 g/mol. The highest BCUT2D eigenvalue weighted by Gasteiger charge is 2.04. The van der Waals surface area contributed by atoms with Gasteiger partial charge in [-0.1, -0.05) is 51.7 Å². The lowest BCUT2D eigenvalue weighted by Crippen LogP contribution is -2.00. The van der Waals surface area contributed by atoms with Gasteiger partial charge in [0.05, 0.1) is 0 Å². The third-order valence-corrected chi connectivity index (χ3v) is 3.07. The summed E-state index contributed by atoms with van der Waals surface area (Å²) in [5.74, 6) is 0.545. The Labute approximate surface area is 107 Å². The standard InChI is InChI=1S/C16H27N/c1-7-15(8-2)11-16(14(6)17)10-9-13(5)12(3)4/h7,11-12H,1,5,8-10,17H2,2-4,6H3/b15-11+,16-14+. The van der Waals surface area contributed by atoms with E-state index in [1.165, 1.54) is 16.7 Å². The van der Waals surface area contributed by atoms with E-state index in [4.69, 9.17) is 5.73 Å². The highest BCUT2D eigenvalue weighted by Crippen LogP contribution is 2.20. The quantitative estimate of drug-likeness (QED) is 0.499. The van der Waals surface area contributed by atoms with Crippen LogP contribution in [0.1, 0.15) is 47.0 Å². The Morgan fingerprint density at radius 3 is 2.24 bits per heavy atom. The van der Waals surface area contributed by atoms with Crippen molar-refractivity contribution in [3.05, 3.63) is 47.7 Å². The molecular weight excluding hydrogens is 206 g/mol. The van der Waals surface area contributed by atoms with Crippen LogP contribution in [-0.4, -0.2) is 0 Å². The van der Waals surface area contributed by atoms with Crippen molar-refractivity contribution in [3.8, 4) is 0 Å². The zero-order valence-corrected chi connectivity index (χ0v) is 11.8. The van der Waals surface area contributed by atoms with Gasteiger partial charge in [-0.2, -0.15) is 0 Å². The second-order valence-corrected chi connectivity index (χ2v) is 4.80. The molecule has 0 radical (unpaired) electrons. The van der Waals surface area contributed by atoms with Crippen LogP contribution in [0.15, 0.2) is 47.7 Å². The van der Waals surface area contributed by atoms with Crippen molar-refractivity contribution in [2.45, 2.75) is 47.0 Å². The molecule has 2 N–H and O–H groups in total. The van der Waals surface area contributed by atoms with E-state index in [-0.39, 0.29) is 0 Å². The smallest absolute Gasteiger partial charge is 0.00816 e. The first-order valence-electron chi connectivity index (χ1n) is 6.38. The topological polar surface area (TPSA) is 26.0 Å². The van der Waals surface area contributed by atoms with E-state index in [1.807, 2.05) is 13.0 Å². The van der Waals surface area contributed by atoms with Gasteiger partial charge < -0.3 is 5.73 Å². The van der Waals surface area contributed by atoms with E-state index < -0.39 is 0 Å². The Balaban J connectivity index is 4.70. The highest BCUT2D eigenvalue weighted by atomic mass is 14.6. The number of hydrogen-bond donors (Lipinski definition) is 1. The van der Waals surface area contributed by atoms with Crippen LogP contribution in [0.2, 0.25) is 0 Å². The number of allylic oxidation sites excluding steroid dienone is 6. The molecule has 0 unspecified atom stereocenters. The molecule has 0 saturated heterocycles. The lowest BCUT2D eigenvalue weighted by atomic mass is 9.95. The molecule has 0 bridgehead atoms. The van der Waals surface area contributed by atoms with Crippen molar-refractivity contribution < 1.29 is 0 Å². The largest absolute Gasteiger partial charge is 0.402 e. The Kier molecular flexibility index (Phi) is 7.36. The van der Waals surface area contributed by atoms with Crippen molar-refractivity contribution in [2.24, 2.45) is 11.7 Å². The Morgan fingerprint density at radius 2 is 1.88 bits per heavy atom. The van der Waals surface area contributed by atoms with Gasteiger partial charge in [0, 0.05) is 5.70 Å². The first kappa shape index (κ1) is 15.8. The molecular formula is C16H27N.